The number of halogens is 1. The zero-order valence-electron chi connectivity index (χ0n) is 13.0. The number of methoxy groups -OCH3 is 2. The van der Waals surface area contributed by atoms with E-state index in [-0.39, 0.29) is 5.41 Å². The van der Waals surface area contributed by atoms with Crippen molar-refractivity contribution in [1.82, 2.24) is 5.32 Å². The second-order valence-corrected chi connectivity index (χ2v) is 6.33. The molecule has 0 bridgehead atoms. The van der Waals surface area contributed by atoms with Crippen LogP contribution >= 0.6 is 15.9 Å². The van der Waals surface area contributed by atoms with Crippen molar-refractivity contribution in [3.05, 3.63) is 28.2 Å². The highest BCUT2D eigenvalue weighted by Crippen LogP contribution is 2.30. The molecule has 0 spiro atoms. The lowest BCUT2D eigenvalue weighted by Gasteiger charge is -2.29. The van der Waals surface area contributed by atoms with Crippen LogP contribution in [-0.2, 0) is 11.2 Å². The summed E-state index contributed by atoms with van der Waals surface area (Å²) >= 11 is 3.55. The molecule has 3 nitrogen and oxygen atoms in total. The topological polar surface area (TPSA) is 30.5 Å². The van der Waals surface area contributed by atoms with Gasteiger partial charge in [-0.2, -0.15) is 0 Å². The van der Waals surface area contributed by atoms with Crippen molar-refractivity contribution in [2.75, 3.05) is 33.9 Å². The predicted octanol–water partition coefficient (Wildman–Crippen LogP) is 3.65. The first kappa shape index (κ1) is 17.5. The van der Waals surface area contributed by atoms with E-state index in [2.05, 4.69) is 47.2 Å². The SMILES string of the molecule is CCC(C)(CNCCOC)Cc1ccc(OC)c(Br)c1. The van der Waals surface area contributed by atoms with Gasteiger partial charge in [0, 0.05) is 20.2 Å². The summed E-state index contributed by atoms with van der Waals surface area (Å²) in [5, 5.41) is 3.47. The van der Waals surface area contributed by atoms with Crippen LogP contribution in [0.15, 0.2) is 22.7 Å². The Balaban J connectivity index is 2.64. The Kier molecular flexibility index (Phi) is 7.56. The second-order valence-electron chi connectivity index (χ2n) is 5.48. The maximum atomic E-state index is 5.28. The summed E-state index contributed by atoms with van der Waals surface area (Å²) in [6.45, 7) is 7.23. The van der Waals surface area contributed by atoms with Crippen LogP contribution in [0.5, 0.6) is 5.75 Å². The fourth-order valence-electron chi connectivity index (χ4n) is 2.19. The molecular weight excluding hydrogens is 318 g/mol. The molecule has 1 N–H and O–H groups in total. The summed E-state index contributed by atoms with van der Waals surface area (Å²) in [6, 6.07) is 6.32. The number of nitrogens with one attached hydrogen (secondary N) is 1. The number of hydrogen-bond acceptors (Lipinski definition) is 3. The third kappa shape index (κ3) is 5.43. The molecule has 0 saturated carbocycles. The Hall–Kier alpha value is -0.580. The number of rotatable bonds is 9. The van der Waals surface area contributed by atoms with Gasteiger partial charge in [0.25, 0.3) is 0 Å². The summed E-state index contributed by atoms with van der Waals surface area (Å²) in [4.78, 5) is 0. The van der Waals surface area contributed by atoms with Crippen molar-refractivity contribution < 1.29 is 9.47 Å². The number of ether oxygens (including phenoxy) is 2. The standard InChI is InChI=1S/C16H26BrNO2/c1-5-16(2,12-18-8-9-19-3)11-13-6-7-15(20-4)14(17)10-13/h6-7,10,18H,5,8-9,11-12H2,1-4H3. The number of hydrogen-bond donors (Lipinski definition) is 1. The number of benzene rings is 1. The molecule has 0 aliphatic carbocycles. The molecule has 1 aromatic rings. The molecule has 0 aliphatic rings. The highest BCUT2D eigenvalue weighted by Gasteiger charge is 2.22. The highest BCUT2D eigenvalue weighted by atomic mass is 79.9. The summed E-state index contributed by atoms with van der Waals surface area (Å²) < 4.78 is 11.4. The molecule has 4 heteroatoms. The minimum absolute atomic E-state index is 0.252. The molecule has 0 saturated heterocycles. The summed E-state index contributed by atoms with van der Waals surface area (Å²) in [5.74, 6) is 0.880. The molecule has 1 aromatic carbocycles. The molecular formula is C16H26BrNO2. The Labute approximate surface area is 131 Å². The lowest BCUT2D eigenvalue weighted by Crippen LogP contribution is -2.34. The maximum absolute atomic E-state index is 5.28. The quantitative estimate of drug-likeness (QED) is 0.694. The zero-order valence-corrected chi connectivity index (χ0v) is 14.5. The van der Waals surface area contributed by atoms with E-state index in [0.29, 0.717) is 0 Å². The van der Waals surface area contributed by atoms with Crippen molar-refractivity contribution in [3.8, 4) is 5.75 Å². The van der Waals surface area contributed by atoms with Gasteiger partial charge in [0.05, 0.1) is 18.2 Å². The molecule has 1 rings (SSSR count). The van der Waals surface area contributed by atoms with E-state index in [0.717, 1.165) is 42.8 Å². The molecule has 0 fully saturated rings. The van der Waals surface area contributed by atoms with Crippen molar-refractivity contribution in [3.63, 3.8) is 0 Å². The van der Waals surface area contributed by atoms with Gasteiger partial charge in [0.15, 0.2) is 0 Å². The van der Waals surface area contributed by atoms with E-state index >= 15 is 0 Å². The summed E-state index contributed by atoms with van der Waals surface area (Å²) in [5.41, 5.74) is 1.58. The van der Waals surface area contributed by atoms with Crippen molar-refractivity contribution in [2.24, 2.45) is 5.41 Å². The Morgan fingerprint density at radius 1 is 1.30 bits per heavy atom. The lowest BCUT2D eigenvalue weighted by atomic mass is 9.81. The molecule has 0 aliphatic heterocycles. The average Bonchev–Trinajstić information content (AvgIpc) is 2.44. The van der Waals surface area contributed by atoms with E-state index < -0.39 is 0 Å². The first-order valence-corrected chi connectivity index (χ1v) is 7.86. The minimum atomic E-state index is 0.252. The van der Waals surface area contributed by atoms with Gasteiger partial charge >= 0.3 is 0 Å². The Morgan fingerprint density at radius 3 is 2.60 bits per heavy atom. The highest BCUT2D eigenvalue weighted by molar-refractivity contribution is 9.10. The first-order chi connectivity index (χ1) is 9.54. The predicted molar refractivity (Wildman–Crippen MR) is 87.5 cm³/mol. The van der Waals surface area contributed by atoms with E-state index in [1.165, 1.54) is 5.56 Å². The molecule has 114 valence electrons. The fraction of sp³-hybridized carbons (Fsp3) is 0.625. The van der Waals surface area contributed by atoms with E-state index in [1.54, 1.807) is 14.2 Å². The molecule has 1 unspecified atom stereocenters. The second kappa shape index (κ2) is 8.65. The van der Waals surface area contributed by atoms with Crippen LogP contribution in [-0.4, -0.2) is 33.9 Å². The van der Waals surface area contributed by atoms with Crippen LogP contribution in [0.3, 0.4) is 0 Å². The monoisotopic (exact) mass is 343 g/mol. The third-order valence-corrected chi connectivity index (χ3v) is 4.36. The molecule has 0 aromatic heterocycles. The zero-order chi connectivity index (χ0) is 15.0. The maximum Gasteiger partial charge on any atom is 0.133 e. The molecule has 20 heavy (non-hydrogen) atoms. The van der Waals surface area contributed by atoms with Crippen molar-refractivity contribution in [1.29, 1.82) is 0 Å². The van der Waals surface area contributed by atoms with Crippen molar-refractivity contribution >= 4 is 15.9 Å². The molecule has 0 radical (unpaired) electrons. The van der Waals surface area contributed by atoms with Gasteiger partial charge in [-0.25, -0.2) is 0 Å². The van der Waals surface area contributed by atoms with Gasteiger partial charge in [-0.05, 0) is 51.9 Å². The van der Waals surface area contributed by atoms with E-state index in [4.69, 9.17) is 9.47 Å². The van der Waals surface area contributed by atoms with Crippen molar-refractivity contribution in [2.45, 2.75) is 26.7 Å². The van der Waals surface area contributed by atoms with Crippen LogP contribution in [0.1, 0.15) is 25.8 Å². The van der Waals surface area contributed by atoms with Gasteiger partial charge in [-0.15, -0.1) is 0 Å². The lowest BCUT2D eigenvalue weighted by molar-refractivity contribution is 0.191. The first-order valence-electron chi connectivity index (χ1n) is 7.06. The largest absolute Gasteiger partial charge is 0.496 e. The van der Waals surface area contributed by atoms with Crippen LogP contribution in [0.2, 0.25) is 0 Å². The molecule has 0 amide bonds. The van der Waals surface area contributed by atoms with Gasteiger partial charge in [-0.1, -0.05) is 19.9 Å². The van der Waals surface area contributed by atoms with Gasteiger partial charge in [0.2, 0.25) is 0 Å². The summed E-state index contributed by atoms with van der Waals surface area (Å²) in [6.07, 6.45) is 2.18. The smallest absolute Gasteiger partial charge is 0.133 e. The Bertz CT molecular complexity index is 411. The van der Waals surface area contributed by atoms with Gasteiger partial charge in [0.1, 0.15) is 5.75 Å². The van der Waals surface area contributed by atoms with Gasteiger partial charge in [-0.3, -0.25) is 0 Å². The van der Waals surface area contributed by atoms with Crippen LogP contribution in [0, 0.1) is 5.41 Å². The molecule has 0 heterocycles. The van der Waals surface area contributed by atoms with Gasteiger partial charge < -0.3 is 14.8 Å². The van der Waals surface area contributed by atoms with E-state index in [9.17, 15) is 0 Å². The average molecular weight is 344 g/mol. The van der Waals surface area contributed by atoms with Crippen LogP contribution in [0.25, 0.3) is 0 Å². The van der Waals surface area contributed by atoms with Crippen LogP contribution < -0.4 is 10.1 Å². The minimum Gasteiger partial charge on any atom is -0.496 e. The Morgan fingerprint density at radius 2 is 2.05 bits per heavy atom. The third-order valence-electron chi connectivity index (χ3n) is 3.74. The van der Waals surface area contributed by atoms with Crippen LogP contribution in [0.4, 0.5) is 0 Å². The summed E-state index contributed by atoms with van der Waals surface area (Å²) in [7, 11) is 3.42. The molecule has 1 atom stereocenters. The normalized spacial score (nSPS) is 14.1. The van der Waals surface area contributed by atoms with E-state index in [1.807, 2.05) is 6.07 Å². The fourth-order valence-corrected chi connectivity index (χ4v) is 2.78.